The summed E-state index contributed by atoms with van der Waals surface area (Å²) >= 11 is 19.7. The number of ether oxygens (including phenoxy) is 1. The van der Waals surface area contributed by atoms with Crippen molar-refractivity contribution in [3.05, 3.63) is 97.4 Å². The number of allylic oxidation sites excluding steroid dienone is 2. The molecule has 2 aromatic carbocycles. The molecule has 6 rings (SSSR count). The Morgan fingerprint density at radius 1 is 1.12 bits per heavy atom. The van der Waals surface area contributed by atoms with Gasteiger partial charge in [-0.1, -0.05) is 52.1 Å². The SMILES string of the molecule is Cc1ccc(C(=O)O)cc1[C@H]1C[C@](O)(C2CC=C(OCc3c(-c4c(Cl)cccc4Cl)noc3C3CC3)C=C2Cl)C1. The van der Waals surface area contributed by atoms with E-state index in [0.717, 1.165) is 35.3 Å². The Labute approximate surface area is 247 Å². The van der Waals surface area contributed by atoms with E-state index < -0.39 is 11.6 Å². The van der Waals surface area contributed by atoms with Crippen molar-refractivity contribution >= 4 is 40.8 Å². The number of aliphatic hydroxyl groups is 1. The second-order valence-corrected chi connectivity index (χ2v) is 12.3. The Morgan fingerprint density at radius 3 is 2.50 bits per heavy atom. The molecule has 1 atom stereocenters. The summed E-state index contributed by atoms with van der Waals surface area (Å²) in [6.07, 6.45) is 7.35. The summed E-state index contributed by atoms with van der Waals surface area (Å²) in [5, 5.41) is 26.6. The van der Waals surface area contributed by atoms with Crippen LogP contribution in [-0.4, -0.2) is 26.9 Å². The van der Waals surface area contributed by atoms with Crippen molar-refractivity contribution in [1.29, 1.82) is 0 Å². The summed E-state index contributed by atoms with van der Waals surface area (Å²) in [6, 6.07) is 10.5. The number of aromatic nitrogens is 1. The summed E-state index contributed by atoms with van der Waals surface area (Å²) in [5.74, 6) is 0.600. The van der Waals surface area contributed by atoms with Gasteiger partial charge in [0.05, 0.1) is 26.8 Å². The molecular weight excluding hydrogens is 573 g/mol. The van der Waals surface area contributed by atoms with Crippen molar-refractivity contribution in [3.8, 4) is 11.3 Å². The number of hydrogen-bond acceptors (Lipinski definition) is 5. The molecule has 0 saturated heterocycles. The Hall–Kier alpha value is -2.77. The van der Waals surface area contributed by atoms with Crippen LogP contribution in [0.3, 0.4) is 0 Å². The van der Waals surface area contributed by atoms with Crippen LogP contribution >= 0.6 is 34.8 Å². The molecule has 2 N–H and O–H groups in total. The molecule has 9 heteroatoms. The standard InChI is InChI=1S/C31H28Cl3NO5/c1-16-5-6-18(30(36)37)11-21(16)19-13-31(38,14-19)23-10-9-20(12-26(23)34)39-15-22-28(35-40-29(22)17-7-8-17)27-24(32)3-2-4-25(27)33/h2-6,9,11-12,17,19,23,38H,7-8,10,13-15H2,1H3,(H,36,37)/t19-,23?,31+. The molecule has 1 aromatic heterocycles. The predicted molar refractivity (Wildman–Crippen MR) is 154 cm³/mol. The molecule has 0 radical (unpaired) electrons. The van der Waals surface area contributed by atoms with Gasteiger partial charge in [-0.15, -0.1) is 0 Å². The molecular formula is C31H28Cl3NO5. The van der Waals surface area contributed by atoms with Crippen LogP contribution in [0.5, 0.6) is 0 Å². The number of hydrogen-bond donors (Lipinski definition) is 2. The average molecular weight is 601 g/mol. The number of halogens is 3. The molecule has 1 unspecified atom stereocenters. The Bertz CT molecular complexity index is 1530. The molecule has 208 valence electrons. The fourth-order valence-electron chi connectivity index (χ4n) is 5.93. The maximum absolute atomic E-state index is 11.4. The van der Waals surface area contributed by atoms with Crippen LogP contribution in [0.15, 0.2) is 63.9 Å². The van der Waals surface area contributed by atoms with Crippen molar-refractivity contribution in [3.63, 3.8) is 0 Å². The van der Waals surface area contributed by atoms with Gasteiger partial charge in [-0.25, -0.2) is 4.79 Å². The maximum Gasteiger partial charge on any atom is 0.335 e. The highest BCUT2D eigenvalue weighted by Gasteiger charge is 2.50. The van der Waals surface area contributed by atoms with E-state index in [1.54, 1.807) is 36.4 Å². The largest absolute Gasteiger partial charge is 0.489 e. The van der Waals surface area contributed by atoms with E-state index >= 15 is 0 Å². The van der Waals surface area contributed by atoms with Gasteiger partial charge in [0, 0.05) is 22.4 Å². The number of nitrogens with zero attached hydrogens (tertiary/aromatic N) is 1. The number of carboxylic acid groups (broad SMARTS) is 1. The van der Waals surface area contributed by atoms with Gasteiger partial charge in [-0.05, 0) is 92.5 Å². The summed E-state index contributed by atoms with van der Waals surface area (Å²) in [6.45, 7) is 2.18. The monoisotopic (exact) mass is 599 g/mol. The maximum atomic E-state index is 11.4. The highest BCUT2D eigenvalue weighted by atomic mass is 35.5. The van der Waals surface area contributed by atoms with E-state index in [4.69, 9.17) is 44.1 Å². The number of aromatic carboxylic acids is 1. The summed E-state index contributed by atoms with van der Waals surface area (Å²) in [4.78, 5) is 11.4. The highest BCUT2D eigenvalue weighted by molar-refractivity contribution is 6.39. The van der Waals surface area contributed by atoms with E-state index in [1.165, 1.54) is 0 Å². The summed E-state index contributed by atoms with van der Waals surface area (Å²) < 4.78 is 11.9. The van der Waals surface area contributed by atoms with E-state index in [0.29, 0.717) is 57.3 Å². The molecule has 0 spiro atoms. The van der Waals surface area contributed by atoms with Gasteiger partial charge in [-0.2, -0.15) is 0 Å². The first-order valence-electron chi connectivity index (χ1n) is 13.3. The van der Waals surface area contributed by atoms with Crippen molar-refractivity contribution in [2.24, 2.45) is 5.92 Å². The second-order valence-electron chi connectivity index (χ2n) is 11.0. The van der Waals surface area contributed by atoms with Crippen LogP contribution in [0.4, 0.5) is 0 Å². The Balaban J connectivity index is 1.15. The minimum Gasteiger partial charge on any atom is -0.489 e. The van der Waals surface area contributed by atoms with Crippen molar-refractivity contribution in [2.45, 2.75) is 63.1 Å². The van der Waals surface area contributed by atoms with Crippen molar-refractivity contribution < 1.29 is 24.3 Å². The quantitative estimate of drug-likeness (QED) is 0.270. The molecule has 3 aliphatic carbocycles. The van der Waals surface area contributed by atoms with Crippen molar-refractivity contribution in [1.82, 2.24) is 5.16 Å². The molecule has 2 fully saturated rings. The van der Waals surface area contributed by atoms with Crippen LogP contribution in [0, 0.1) is 12.8 Å². The van der Waals surface area contributed by atoms with Crippen LogP contribution in [-0.2, 0) is 11.3 Å². The first kappa shape index (κ1) is 27.4. The molecule has 6 nitrogen and oxygen atoms in total. The molecule has 0 aliphatic heterocycles. The third-order valence-electron chi connectivity index (χ3n) is 8.33. The van der Waals surface area contributed by atoms with E-state index in [2.05, 4.69) is 5.16 Å². The highest BCUT2D eigenvalue weighted by Crippen LogP contribution is 2.54. The third-order valence-corrected chi connectivity index (χ3v) is 9.33. The van der Waals surface area contributed by atoms with Gasteiger partial charge in [0.2, 0.25) is 0 Å². The van der Waals surface area contributed by atoms with Gasteiger partial charge >= 0.3 is 5.97 Å². The van der Waals surface area contributed by atoms with E-state index in [1.807, 2.05) is 19.1 Å². The lowest BCUT2D eigenvalue weighted by Crippen LogP contribution is -2.49. The van der Waals surface area contributed by atoms with Crippen LogP contribution in [0.1, 0.15) is 76.7 Å². The fraction of sp³-hybridized carbons (Fsp3) is 0.355. The lowest BCUT2D eigenvalue weighted by atomic mass is 9.60. The second kappa shape index (κ2) is 10.6. The Kier molecular flexibility index (Phi) is 7.24. The molecule has 0 amide bonds. The summed E-state index contributed by atoms with van der Waals surface area (Å²) in [7, 11) is 0. The lowest BCUT2D eigenvalue weighted by molar-refractivity contribution is -0.0837. The number of aryl methyl sites for hydroxylation is 1. The van der Waals surface area contributed by atoms with E-state index in [9.17, 15) is 15.0 Å². The van der Waals surface area contributed by atoms with Crippen LogP contribution < -0.4 is 0 Å². The zero-order valence-corrected chi connectivity index (χ0v) is 24.1. The molecule has 3 aliphatic rings. The molecule has 40 heavy (non-hydrogen) atoms. The first-order valence-corrected chi connectivity index (χ1v) is 14.5. The van der Waals surface area contributed by atoms with Crippen molar-refractivity contribution in [2.75, 3.05) is 0 Å². The molecule has 2 saturated carbocycles. The number of carbonyl (C=O) groups is 1. The van der Waals surface area contributed by atoms with E-state index in [-0.39, 0.29) is 24.0 Å². The molecule has 3 aromatic rings. The Morgan fingerprint density at radius 2 is 1.85 bits per heavy atom. The molecule has 1 heterocycles. The predicted octanol–water partition coefficient (Wildman–Crippen LogP) is 8.38. The topological polar surface area (TPSA) is 92.8 Å². The van der Waals surface area contributed by atoms with Gasteiger partial charge in [-0.3, -0.25) is 0 Å². The lowest BCUT2D eigenvalue weighted by Gasteiger charge is -2.49. The zero-order chi connectivity index (χ0) is 28.2. The van der Waals surface area contributed by atoms with Gasteiger partial charge in [0.25, 0.3) is 0 Å². The smallest absolute Gasteiger partial charge is 0.335 e. The first-order chi connectivity index (χ1) is 19.1. The zero-order valence-electron chi connectivity index (χ0n) is 21.8. The minimum absolute atomic E-state index is 0.0832. The number of benzene rings is 2. The van der Waals surface area contributed by atoms with Gasteiger partial charge in [0.1, 0.15) is 23.8 Å². The van der Waals surface area contributed by atoms with Crippen LogP contribution in [0.25, 0.3) is 11.3 Å². The van der Waals surface area contributed by atoms with Crippen LogP contribution in [0.2, 0.25) is 10.0 Å². The third kappa shape index (κ3) is 5.07. The number of rotatable bonds is 8. The summed E-state index contributed by atoms with van der Waals surface area (Å²) in [5.41, 5.74) is 3.31. The number of carboxylic acids is 1. The molecule has 0 bridgehead atoms. The fourth-order valence-corrected chi connectivity index (χ4v) is 6.91. The average Bonchev–Trinajstić information content (AvgIpc) is 3.66. The minimum atomic E-state index is -0.965. The van der Waals surface area contributed by atoms with Gasteiger partial charge < -0.3 is 19.5 Å². The normalized spacial score (nSPS) is 24.2. The van der Waals surface area contributed by atoms with Gasteiger partial charge in [0.15, 0.2) is 0 Å².